The van der Waals surface area contributed by atoms with Gasteiger partial charge in [-0.3, -0.25) is 24.1 Å². The molecule has 5 fully saturated rings. The van der Waals surface area contributed by atoms with Crippen molar-refractivity contribution in [3.63, 3.8) is 0 Å². The molecule has 8 atom stereocenters. The molecule has 5 rings (SSSR count). The van der Waals surface area contributed by atoms with E-state index in [0.717, 1.165) is 25.7 Å². The van der Waals surface area contributed by atoms with Gasteiger partial charge in [-0.1, -0.05) is 13.8 Å². The van der Waals surface area contributed by atoms with Gasteiger partial charge in [0.1, 0.15) is 11.6 Å². The predicted octanol–water partition coefficient (Wildman–Crippen LogP) is 1.94. The Labute approximate surface area is 269 Å². The van der Waals surface area contributed by atoms with E-state index in [1.54, 1.807) is 6.92 Å². The van der Waals surface area contributed by atoms with Gasteiger partial charge in [-0.15, -0.1) is 0 Å². The summed E-state index contributed by atoms with van der Waals surface area (Å²) in [4.78, 5) is 59.0. The number of morpholine rings is 1. The van der Waals surface area contributed by atoms with E-state index in [2.05, 4.69) is 32.6 Å². The highest BCUT2D eigenvalue weighted by atomic mass is 16.5. The molecule has 0 radical (unpaired) electrons. The van der Waals surface area contributed by atoms with Crippen molar-refractivity contribution in [3.05, 3.63) is 0 Å². The van der Waals surface area contributed by atoms with Gasteiger partial charge in [0.25, 0.3) is 0 Å². The fourth-order valence-corrected chi connectivity index (χ4v) is 10.2. The average Bonchev–Trinajstić information content (AvgIpc) is 3.24. The predicted molar refractivity (Wildman–Crippen MR) is 161 cm³/mol. The fourth-order valence-electron chi connectivity index (χ4n) is 10.2. The van der Waals surface area contributed by atoms with Crippen molar-refractivity contribution in [2.24, 2.45) is 40.4 Å². The first-order valence-corrected chi connectivity index (χ1v) is 16.3. The van der Waals surface area contributed by atoms with E-state index >= 15 is 0 Å². The van der Waals surface area contributed by atoms with Crippen LogP contribution in [-0.4, -0.2) is 108 Å². The van der Waals surface area contributed by atoms with Crippen molar-refractivity contribution in [2.75, 3.05) is 19.7 Å². The van der Waals surface area contributed by atoms with E-state index in [1.807, 2.05) is 0 Å². The summed E-state index contributed by atoms with van der Waals surface area (Å²) in [6.45, 7) is 12.2. The molecule has 0 aromatic rings. The van der Waals surface area contributed by atoms with Gasteiger partial charge in [-0.25, -0.2) is 4.79 Å². The molecule has 1 saturated heterocycles. The van der Waals surface area contributed by atoms with Crippen LogP contribution in [0.5, 0.6) is 0 Å². The minimum absolute atomic E-state index is 0.00940. The number of aliphatic hydroxyl groups is 3. The standard InChI is InChI=1S/C27H43NO5.C6H8O7/c1-16(29)19-8-9-20-18-7-6-17-12-27(31,32)22(28-10-11-33-24(2,3)15-28)14-25(17,4)23(18)21(30)13-26(19,20)5;7-3(8)1-6(13,5(11)12)2-4(9)10/h17-20,22-23,31-32H,6-15H2,1-5H3;13H,1-2H2,(H,7,8)(H,9,10)(H,11,12)/t17-,18-,19+,20-,22-,23+,25-,26+;/m0./s1. The number of rotatable bonds is 7. The smallest absolute Gasteiger partial charge is 0.336 e. The molecule has 0 aromatic heterocycles. The number of aliphatic carboxylic acids is 3. The lowest BCUT2D eigenvalue weighted by molar-refractivity contribution is -0.275. The summed E-state index contributed by atoms with van der Waals surface area (Å²) in [5.41, 5.74) is -3.50. The topological polar surface area (TPSA) is 219 Å². The van der Waals surface area contributed by atoms with Gasteiger partial charge in [0.15, 0.2) is 11.4 Å². The van der Waals surface area contributed by atoms with Crippen molar-refractivity contribution in [1.29, 1.82) is 0 Å². The second kappa shape index (κ2) is 12.5. The van der Waals surface area contributed by atoms with Crippen LogP contribution in [0.3, 0.4) is 0 Å². The first-order chi connectivity index (χ1) is 21.1. The molecule has 1 aliphatic heterocycles. The SMILES string of the molecule is CC(=O)[C@H]1CC[C@H]2[C@@H]3CC[C@H]4CC(O)(O)[C@@H](N5CCOC(C)(C)C5)C[C@]4(C)[C@H]3C(=O)C[C@]12C.O=C(O)CC(O)(CC(=O)O)C(=O)O. The van der Waals surface area contributed by atoms with Crippen LogP contribution >= 0.6 is 0 Å². The minimum Gasteiger partial charge on any atom is -0.481 e. The van der Waals surface area contributed by atoms with Gasteiger partial charge < -0.3 is 35.4 Å². The second-order valence-electron chi connectivity index (χ2n) is 15.8. The number of hydrogen-bond acceptors (Lipinski definition) is 10. The molecule has 5 aliphatic rings. The molecule has 13 nitrogen and oxygen atoms in total. The Kier molecular flexibility index (Phi) is 9.92. The van der Waals surface area contributed by atoms with Gasteiger partial charge >= 0.3 is 17.9 Å². The number of carboxylic acids is 3. The lowest BCUT2D eigenvalue weighted by atomic mass is 9.43. The molecule has 0 unspecified atom stereocenters. The summed E-state index contributed by atoms with van der Waals surface area (Å²) >= 11 is 0. The largest absolute Gasteiger partial charge is 0.481 e. The van der Waals surface area contributed by atoms with Crippen molar-refractivity contribution >= 4 is 29.5 Å². The lowest BCUT2D eigenvalue weighted by Gasteiger charge is -2.63. The number of carboxylic acid groups (broad SMARTS) is 3. The zero-order chi connectivity index (χ0) is 34.6. The van der Waals surface area contributed by atoms with E-state index in [-0.39, 0.29) is 40.0 Å². The maximum atomic E-state index is 13.9. The van der Waals surface area contributed by atoms with E-state index in [4.69, 9.17) is 25.2 Å². The molecule has 46 heavy (non-hydrogen) atoms. The van der Waals surface area contributed by atoms with Gasteiger partial charge in [-0.05, 0) is 81.5 Å². The number of fused-ring (bicyclic) bond motifs is 5. The molecule has 4 aliphatic carbocycles. The third kappa shape index (κ3) is 6.76. The summed E-state index contributed by atoms with van der Waals surface area (Å²) in [5.74, 6) is -5.36. The van der Waals surface area contributed by atoms with E-state index in [1.165, 1.54) is 0 Å². The Morgan fingerprint density at radius 3 is 2.04 bits per heavy atom. The Balaban J connectivity index is 0.000000315. The Morgan fingerprint density at radius 2 is 1.52 bits per heavy atom. The van der Waals surface area contributed by atoms with Crippen LogP contribution in [0.15, 0.2) is 0 Å². The Bertz CT molecular complexity index is 1230. The van der Waals surface area contributed by atoms with Crippen molar-refractivity contribution in [3.8, 4) is 0 Å². The molecule has 0 spiro atoms. The summed E-state index contributed by atoms with van der Waals surface area (Å²) in [6, 6.07) is -0.393. The number of Topliss-reactive ketones (excluding diaryl/α,β-unsaturated/α-hetero) is 2. The molecule has 4 saturated carbocycles. The van der Waals surface area contributed by atoms with Crippen LogP contribution in [0.1, 0.15) is 92.4 Å². The van der Waals surface area contributed by atoms with E-state index in [9.17, 15) is 34.2 Å². The van der Waals surface area contributed by atoms with Gasteiger partial charge in [0.2, 0.25) is 0 Å². The molecule has 260 valence electrons. The first-order valence-electron chi connectivity index (χ1n) is 16.3. The molecule has 1 heterocycles. The highest BCUT2D eigenvalue weighted by Gasteiger charge is 2.66. The molecular formula is C33H51NO12. The Hall–Kier alpha value is -2.45. The van der Waals surface area contributed by atoms with Crippen LogP contribution in [-0.2, 0) is 28.7 Å². The van der Waals surface area contributed by atoms with E-state index in [0.29, 0.717) is 56.6 Å². The summed E-state index contributed by atoms with van der Waals surface area (Å²) in [7, 11) is 0. The Morgan fingerprint density at radius 1 is 0.913 bits per heavy atom. The van der Waals surface area contributed by atoms with Crippen LogP contribution < -0.4 is 0 Å². The maximum absolute atomic E-state index is 13.9. The molecule has 0 bridgehead atoms. The van der Waals surface area contributed by atoms with Gasteiger partial charge in [0, 0.05) is 37.8 Å². The van der Waals surface area contributed by atoms with Crippen molar-refractivity contribution in [1.82, 2.24) is 4.90 Å². The van der Waals surface area contributed by atoms with E-state index < -0.39 is 48.2 Å². The third-order valence-electron chi connectivity index (χ3n) is 12.1. The van der Waals surface area contributed by atoms with Gasteiger partial charge in [-0.2, -0.15) is 0 Å². The van der Waals surface area contributed by atoms with Gasteiger partial charge in [0.05, 0.1) is 31.1 Å². The van der Waals surface area contributed by atoms with Crippen molar-refractivity contribution < 1.29 is 59.3 Å². The second-order valence-corrected chi connectivity index (χ2v) is 15.8. The molecule has 0 amide bonds. The zero-order valence-electron chi connectivity index (χ0n) is 27.5. The molecule has 13 heteroatoms. The number of ether oxygens (including phenoxy) is 1. The third-order valence-corrected chi connectivity index (χ3v) is 12.1. The zero-order valence-corrected chi connectivity index (χ0v) is 27.5. The number of nitrogens with zero attached hydrogens (tertiary/aromatic N) is 1. The minimum atomic E-state index is -2.74. The summed E-state index contributed by atoms with van der Waals surface area (Å²) in [6.07, 6.45) is 3.04. The summed E-state index contributed by atoms with van der Waals surface area (Å²) in [5, 5.41) is 56.2. The normalized spacial score (nSPS) is 38.3. The molecular weight excluding hydrogens is 602 g/mol. The van der Waals surface area contributed by atoms with Crippen LogP contribution in [0, 0.1) is 40.4 Å². The first kappa shape index (κ1) is 36.4. The fraction of sp³-hybridized carbons (Fsp3) is 0.848. The average molecular weight is 654 g/mol. The highest BCUT2D eigenvalue weighted by molar-refractivity contribution is 5.88. The number of carbonyl (C=O) groups excluding carboxylic acids is 2. The number of carbonyl (C=O) groups is 5. The van der Waals surface area contributed by atoms with Crippen LogP contribution in [0.2, 0.25) is 0 Å². The van der Waals surface area contributed by atoms with Crippen LogP contribution in [0.25, 0.3) is 0 Å². The summed E-state index contributed by atoms with van der Waals surface area (Å²) < 4.78 is 5.89. The monoisotopic (exact) mass is 653 g/mol. The quantitative estimate of drug-likeness (QED) is 0.217. The molecule has 0 aromatic carbocycles. The van der Waals surface area contributed by atoms with Crippen molar-refractivity contribution in [2.45, 2.75) is 115 Å². The maximum Gasteiger partial charge on any atom is 0.336 e. The number of ketones is 2. The van der Waals surface area contributed by atoms with Crippen LogP contribution in [0.4, 0.5) is 0 Å². The lowest BCUT2D eigenvalue weighted by Crippen LogP contribution is -2.67. The number of hydrogen-bond donors (Lipinski definition) is 6. The highest BCUT2D eigenvalue weighted by Crippen LogP contribution is 2.67. The molecule has 6 N–H and O–H groups in total.